The van der Waals surface area contributed by atoms with E-state index in [1.165, 1.54) is 26.4 Å². The Balaban J connectivity index is 2.69. The number of carbonyl (C=O) groups is 1. The number of hydrogen-bond acceptors (Lipinski definition) is 6. The van der Waals surface area contributed by atoms with E-state index in [0.29, 0.717) is 5.75 Å². The topological polar surface area (TPSA) is 80.0 Å². The van der Waals surface area contributed by atoms with Gasteiger partial charge in [-0.2, -0.15) is 0 Å². The fraction of sp³-hybridized carbons (Fsp3) is 0.500. The van der Waals surface area contributed by atoms with Crippen molar-refractivity contribution in [1.29, 1.82) is 0 Å². The zero-order valence-corrected chi connectivity index (χ0v) is 12.3. The predicted molar refractivity (Wildman–Crippen MR) is 73.9 cm³/mol. The maximum absolute atomic E-state index is 13.9. The van der Waals surface area contributed by atoms with Crippen molar-refractivity contribution in [2.24, 2.45) is 5.73 Å². The number of ether oxygens (including phenoxy) is 4. The van der Waals surface area contributed by atoms with Crippen LogP contribution in [0.3, 0.4) is 0 Å². The first-order valence-electron chi connectivity index (χ1n) is 6.43. The SMILES string of the molecule is CCOC(=O)COCC(N)c1cc(OC)c(OC)cc1F. The fourth-order valence-corrected chi connectivity index (χ4v) is 1.72. The van der Waals surface area contributed by atoms with Crippen LogP contribution in [0, 0.1) is 5.82 Å². The molecular formula is C14H20FNO5. The van der Waals surface area contributed by atoms with Gasteiger partial charge >= 0.3 is 5.97 Å². The van der Waals surface area contributed by atoms with Gasteiger partial charge in [0.2, 0.25) is 0 Å². The zero-order valence-electron chi connectivity index (χ0n) is 12.3. The number of hydrogen-bond donors (Lipinski definition) is 1. The summed E-state index contributed by atoms with van der Waals surface area (Å²) < 4.78 is 33.9. The molecule has 0 amide bonds. The van der Waals surface area contributed by atoms with E-state index in [1.807, 2.05) is 0 Å². The molecule has 1 atom stereocenters. The van der Waals surface area contributed by atoms with Crippen LogP contribution in [0.25, 0.3) is 0 Å². The van der Waals surface area contributed by atoms with Crippen LogP contribution in [0.2, 0.25) is 0 Å². The van der Waals surface area contributed by atoms with Crippen molar-refractivity contribution in [1.82, 2.24) is 0 Å². The highest BCUT2D eigenvalue weighted by atomic mass is 19.1. The van der Waals surface area contributed by atoms with Crippen LogP contribution in [0.4, 0.5) is 4.39 Å². The Labute approximate surface area is 122 Å². The van der Waals surface area contributed by atoms with E-state index in [2.05, 4.69) is 0 Å². The van der Waals surface area contributed by atoms with Gasteiger partial charge in [-0.05, 0) is 13.0 Å². The molecule has 7 heteroatoms. The lowest BCUT2D eigenvalue weighted by Gasteiger charge is -2.16. The maximum atomic E-state index is 13.9. The Kier molecular flexibility index (Phi) is 6.90. The Morgan fingerprint density at radius 2 is 1.90 bits per heavy atom. The standard InChI is InChI=1S/C14H20FNO5/c1-4-21-14(17)8-20-7-11(16)9-5-12(18-2)13(19-3)6-10(9)15/h5-6,11H,4,7-8,16H2,1-3H3. The quantitative estimate of drug-likeness (QED) is 0.732. The molecule has 0 saturated carbocycles. The van der Waals surface area contributed by atoms with Crippen molar-refractivity contribution >= 4 is 5.97 Å². The van der Waals surface area contributed by atoms with Gasteiger partial charge < -0.3 is 24.7 Å². The Morgan fingerprint density at radius 1 is 1.29 bits per heavy atom. The summed E-state index contributed by atoms with van der Waals surface area (Å²) in [6.45, 7) is 1.73. The highest BCUT2D eigenvalue weighted by molar-refractivity contribution is 5.70. The molecule has 0 aliphatic carbocycles. The van der Waals surface area contributed by atoms with Gasteiger partial charge in [-0.3, -0.25) is 0 Å². The first-order valence-corrected chi connectivity index (χ1v) is 6.43. The minimum absolute atomic E-state index is 0.0226. The number of rotatable bonds is 8. The summed E-state index contributed by atoms with van der Waals surface area (Å²) in [6.07, 6.45) is 0. The molecule has 0 heterocycles. The van der Waals surface area contributed by atoms with Crippen molar-refractivity contribution in [3.63, 3.8) is 0 Å². The molecule has 118 valence electrons. The third-order valence-corrected chi connectivity index (χ3v) is 2.72. The minimum atomic E-state index is -0.737. The molecule has 1 rings (SSSR count). The van der Waals surface area contributed by atoms with Crippen LogP contribution in [0.15, 0.2) is 12.1 Å². The summed E-state index contributed by atoms with van der Waals surface area (Å²) in [5.41, 5.74) is 6.08. The molecule has 1 aromatic carbocycles. The van der Waals surface area contributed by atoms with Crippen molar-refractivity contribution in [3.8, 4) is 11.5 Å². The maximum Gasteiger partial charge on any atom is 0.332 e. The normalized spacial score (nSPS) is 11.9. The van der Waals surface area contributed by atoms with Crippen LogP contribution in [-0.4, -0.2) is 40.0 Å². The predicted octanol–water partition coefficient (Wildman–Crippen LogP) is 1.42. The smallest absolute Gasteiger partial charge is 0.332 e. The van der Waals surface area contributed by atoms with Crippen molar-refractivity contribution in [2.45, 2.75) is 13.0 Å². The van der Waals surface area contributed by atoms with Crippen molar-refractivity contribution < 1.29 is 28.1 Å². The van der Waals surface area contributed by atoms with Crippen LogP contribution < -0.4 is 15.2 Å². The number of carbonyl (C=O) groups excluding carboxylic acids is 1. The molecule has 0 radical (unpaired) electrons. The Hall–Kier alpha value is -1.86. The van der Waals surface area contributed by atoms with Crippen molar-refractivity contribution in [2.75, 3.05) is 34.0 Å². The first kappa shape index (κ1) is 17.2. The number of esters is 1. The Morgan fingerprint density at radius 3 is 2.48 bits per heavy atom. The first-order chi connectivity index (χ1) is 10.0. The van der Waals surface area contributed by atoms with E-state index < -0.39 is 17.8 Å². The van der Waals surface area contributed by atoms with E-state index >= 15 is 0 Å². The molecule has 0 fully saturated rings. The summed E-state index contributed by atoms with van der Waals surface area (Å²) in [4.78, 5) is 11.1. The molecule has 0 saturated heterocycles. The molecule has 2 N–H and O–H groups in total. The average molecular weight is 301 g/mol. The molecule has 1 aromatic rings. The number of nitrogens with two attached hydrogens (primary N) is 1. The molecule has 0 aliphatic heterocycles. The summed E-state index contributed by atoms with van der Waals surface area (Å²) >= 11 is 0. The van der Waals surface area contributed by atoms with E-state index in [1.54, 1.807) is 6.92 Å². The lowest BCUT2D eigenvalue weighted by molar-refractivity contribution is -0.148. The number of benzene rings is 1. The van der Waals surface area contributed by atoms with Crippen molar-refractivity contribution in [3.05, 3.63) is 23.5 Å². The molecule has 0 spiro atoms. The fourth-order valence-electron chi connectivity index (χ4n) is 1.72. The highest BCUT2D eigenvalue weighted by Crippen LogP contribution is 2.31. The molecule has 0 aliphatic rings. The van der Waals surface area contributed by atoms with Crippen LogP contribution in [0.1, 0.15) is 18.5 Å². The third kappa shape index (κ3) is 4.87. The van der Waals surface area contributed by atoms with Gasteiger partial charge in [-0.15, -0.1) is 0 Å². The number of halogens is 1. The Bertz CT molecular complexity index is 481. The summed E-state index contributed by atoms with van der Waals surface area (Å²) in [7, 11) is 2.86. The molecule has 0 aromatic heterocycles. The highest BCUT2D eigenvalue weighted by Gasteiger charge is 2.17. The molecule has 21 heavy (non-hydrogen) atoms. The third-order valence-electron chi connectivity index (χ3n) is 2.72. The largest absolute Gasteiger partial charge is 0.493 e. The van der Waals surface area contributed by atoms with Gasteiger partial charge in [-0.25, -0.2) is 9.18 Å². The van der Waals surface area contributed by atoms with Crippen LogP contribution in [-0.2, 0) is 14.3 Å². The number of methoxy groups -OCH3 is 2. The summed E-state index contributed by atoms with van der Waals surface area (Å²) in [5, 5.41) is 0. The molecular weight excluding hydrogens is 281 g/mol. The minimum Gasteiger partial charge on any atom is -0.493 e. The lowest BCUT2D eigenvalue weighted by Crippen LogP contribution is -2.22. The summed E-state index contributed by atoms with van der Waals surface area (Å²) in [5.74, 6) is -0.370. The lowest BCUT2D eigenvalue weighted by atomic mass is 10.1. The zero-order chi connectivity index (χ0) is 15.8. The van der Waals surface area contributed by atoms with Gasteiger partial charge in [-0.1, -0.05) is 0 Å². The molecule has 6 nitrogen and oxygen atoms in total. The molecule has 0 bridgehead atoms. The van der Waals surface area contributed by atoms with Gasteiger partial charge in [0.15, 0.2) is 11.5 Å². The van der Waals surface area contributed by atoms with E-state index in [4.69, 9.17) is 24.7 Å². The molecule has 1 unspecified atom stereocenters. The van der Waals surface area contributed by atoms with E-state index in [-0.39, 0.29) is 31.1 Å². The van der Waals surface area contributed by atoms with Gasteiger partial charge in [0.25, 0.3) is 0 Å². The van der Waals surface area contributed by atoms with Crippen LogP contribution >= 0.6 is 0 Å². The van der Waals surface area contributed by atoms with E-state index in [9.17, 15) is 9.18 Å². The van der Waals surface area contributed by atoms with Crippen LogP contribution in [0.5, 0.6) is 11.5 Å². The monoisotopic (exact) mass is 301 g/mol. The van der Waals surface area contributed by atoms with E-state index in [0.717, 1.165) is 0 Å². The van der Waals surface area contributed by atoms with Gasteiger partial charge in [0.05, 0.1) is 33.5 Å². The second-order valence-corrected chi connectivity index (χ2v) is 4.16. The van der Waals surface area contributed by atoms with Gasteiger partial charge in [0, 0.05) is 11.6 Å². The average Bonchev–Trinajstić information content (AvgIpc) is 2.46. The second kappa shape index (κ2) is 8.43. The van der Waals surface area contributed by atoms with Gasteiger partial charge in [0.1, 0.15) is 12.4 Å². The second-order valence-electron chi connectivity index (χ2n) is 4.16. The summed E-state index contributed by atoms with van der Waals surface area (Å²) in [6, 6.07) is 1.91.